The zero-order valence-electron chi connectivity index (χ0n) is 11.7. The van der Waals surface area contributed by atoms with Gasteiger partial charge in [-0.1, -0.05) is 12.5 Å². The molecule has 110 valence electrons. The predicted octanol–water partition coefficient (Wildman–Crippen LogP) is 2.89. The van der Waals surface area contributed by atoms with Crippen LogP contribution in [0.2, 0.25) is 0 Å². The SMILES string of the molecule is O=C(O)c1sc(CN2CCCCC2)nc1-c1ccccn1. The van der Waals surface area contributed by atoms with Crippen LogP contribution in [0.15, 0.2) is 24.4 Å². The summed E-state index contributed by atoms with van der Waals surface area (Å²) in [7, 11) is 0. The fourth-order valence-electron chi connectivity index (χ4n) is 2.56. The summed E-state index contributed by atoms with van der Waals surface area (Å²) in [6.45, 7) is 2.87. The molecule has 0 saturated carbocycles. The third-order valence-corrected chi connectivity index (χ3v) is 4.61. The van der Waals surface area contributed by atoms with Gasteiger partial charge in [0.1, 0.15) is 15.6 Å². The van der Waals surface area contributed by atoms with E-state index < -0.39 is 5.97 Å². The molecular weight excluding hydrogens is 286 g/mol. The van der Waals surface area contributed by atoms with Gasteiger partial charge in [-0.3, -0.25) is 9.88 Å². The second kappa shape index (κ2) is 6.32. The molecule has 0 aromatic carbocycles. The largest absolute Gasteiger partial charge is 0.477 e. The molecule has 0 unspecified atom stereocenters. The maximum absolute atomic E-state index is 11.4. The molecule has 0 aliphatic carbocycles. The average Bonchev–Trinajstić information content (AvgIpc) is 2.93. The van der Waals surface area contributed by atoms with Crippen molar-refractivity contribution < 1.29 is 9.90 Å². The van der Waals surface area contributed by atoms with Gasteiger partial charge in [-0.25, -0.2) is 9.78 Å². The van der Waals surface area contributed by atoms with Crippen LogP contribution in [0.1, 0.15) is 33.9 Å². The molecule has 3 rings (SSSR count). The Hall–Kier alpha value is -1.79. The Kier molecular flexibility index (Phi) is 4.26. The molecule has 0 radical (unpaired) electrons. The summed E-state index contributed by atoms with van der Waals surface area (Å²) in [5.74, 6) is -0.932. The molecule has 0 amide bonds. The van der Waals surface area contributed by atoms with Gasteiger partial charge in [0.25, 0.3) is 0 Å². The minimum absolute atomic E-state index is 0.278. The maximum Gasteiger partial charge on any atom is 0.348 e. The van der Waals surface area contributed by atoms with Crippen LogP contribution in [-0.2, 0) is 6.54 Å². The first kappa shape index (κ1) is 14.2. The van der Waals surface area contributed by atoms with E-state index in [-0.39, 0.29) is 4.88 Å². The van der Waals surface area contributed by atoms with Crippen LogP contribution in [-0.4, -0.2) is 39.0 Å². The van der Waals surface area contributed by atoms with E-state index in [9.17, 15) is 9.90 Å². The Morgan fingerprint density at radius 2 is 2.10 bits per heavy atom. The molecule has 0 bridgehead atoms. The van der Waals surface area contributed by atoms with E-state index in [1.54, 1.807) is 12.3 Å². The van der Waals surface area contributed by atoms with E-state index in [1.165, 1.54) is 30.6 Å². The van der Waals surface area contributed by atoms with Crippen LogP contribution >= 0.6 is 11.3 Å². The molecule has 0 atom stereocenters. The van der Waals surface area contributed by atoms with Crippen LogP contribution in [0, 0.1) is 0 Å². The number of nitrogens with zero attached hydrogens (tertiary/aromatic N) is 3. The Morgan fingerprint density at radius 1 is 1.29 bits per heavy atom. The van der Waals surface area contributed by atoms with Crippen LogP contribution < -0.4 is 0 Å². The highest BCUT2D eigenvalue weighted by Gasteiger charge is 2.21. The first-order chi connectivity index (χ1) is 10.2. The lowest BCUT2D eigenvalue weighted by atomic mass is 10.1. The molecule has 6 heteroatoms. The lowest BCUT2D eigenvalue weighted by Gasteiger charge is -2.25. The molecular formula is C15H17N3O2S. The fraction of sp³-hybridized carbons (Fsp3) is 0.400. The van der Waals surface area contributed by atoms with Crippen molar-refractivity contribution in [3.8, 4) is 11.4 Å². The Balaban J connectivity index is 1.87. The molecule has 1 fully saturated rings. The van der Waals surface area contributed by atoms with E-state index in [1.807, 2.05) is 12.1 Å². The highest BCUT2D eigenvalue weighted by Crippen LogP contribution is 2.28. The maximum atomic E-state index is 11.4. The van der Waals surface area contributed by atoms with Crippen LogP contribution in [0.25, 0.3) is 11.4 Å². The third kappa shape index (κ3) is 3.28. The topological polar surface area (TPSA) is 66.3 Å². The summed E-state index contributed by atoms with van der Waals surface area (Å²) in [5, 5.41) is 10.2. The number of carboxylic acid groups (broad SMARTS) is 1. The summed E-state index contributed by atoms with van der Waals surface area (Å²) in [4.78, 5) is 22.8. The first-order valence-electron chi connectivity index (χ1n) is 7.11. The minimum Gasteiger partial charge on any atom is -0.477 e. The van der Waals surface area contributed by atoms with E-state index in [2.05, 4.69) is 14.9 Å². The quantitative estimate of drug-likeness (QED) is 0.940. The summed E-state index contributed by atoms with van der Waals surface area (Å²) >= 11 is 1.26. The van der Waals surface area contributed by atoms with Gasteiger partial charge in [-0.15, -0.1) is 11.3 Å². The Labute approximate surface area is 127 Å². The number of rotatable bonds is 4. The molecule has 0 spiro atoms. The molecule has 1 saturated heterocycles. The summed E-state index contributed by atoms with van der Waals surface area (Å²) < 4.78 is 0. The molecule has 1 aliphatic rings. The molecule has 1 aliphatic heterocycles. The van der Waals surface area contributed by atoms with Crippen molar-refractivity contribution in [2.45, 2.75) is 25.8 Å². The highest BCUT2D eigenvalue weighted by atomic mass is 32.1. The van der Waals surface area contributed by atoms with Gasteiger partial charge in [0.2, 0.25) is 0 Å². The van der Waals surface area contributed by atoms with E-state index in [0.29, 0.717) is 11.4 Å². The van der Waals surface area contributed by atoms with E-state index in [4.69, 9.17) is 0 Å². The van der Waals surface area contributed by atoms with Gasteiger partial charge in [0.05, 0.1) is 12.2 Å². The smallest absolute Gasteiger partial charge is 0.348 e. The summed E-state index contributed by atoms with van der Waals surface area (Å²) in [6, 6.07) is 5.45. The van der Waals surface area contributed by atoms with Gasteiger partial charge in [0, 0.05) is 6.20 Å². The van der Waals surface area contributed by atoms with Crippen molar-refractivity contribution in [2.24, 2.45) is 0 Å². The number of carbonyl (C=O) groups is 1. The lowest BCUT2D eigenvalue weighted by molar-refractivity contribution is 0.0702. The number of pyridine rings is 1. The van der Waals surface area contributed by atoms with Crippen molar-refractivity contribution in [3.05, 3.63) is 34.3 Å². The van der Waals surface area contributed by atoms with Gasteiger partial charge in [-0.05, 0) is 38.1 Å². The molecule has 1 N–H and O–H groups in total. The van der Waals surface area contributed by atoms with Crippen molar-refractivity contribution in [2.75, 3.05) is 13.1 Å². The molecule has 21 heavy (non-hydrogen) atoms. The average molecular weight is 303 g/mol. The zero-order valence-corrected chi connectivity index (χ0v) is 12.5. The van der Waals surface area contributed by atoms with Crippen molar-refractivity contribution in [1.29, 1.82) is 0 Å². The monoisotopic (exact) mass is 303 g/mol. The third-order valence-electron chi connectivity index (χ3n) is 3.58. The number of thiazole rings is 1. The van der Waals surface area contributed by atoms with E-state index >= 15 is 0 Å². The Morgan fingerprint density at radius 3 is 2.76 bits per heavy atom. The lowest BCUT2D eigenvalue weighted by Crippen LogP contribution is -2.28. The number of hydrogen-bond acceptors (Lipinski definition) is 5. The standard InChI is InChI=1S/C15H17N3O2S/c19-15(20)14-13(11-6-2-3-7-16-11)17-12(21-14)10-18-8-4-1-5-9-18/h2-3,6-7H,1,4-5,8-10H2,(H,19,20). The van der Waals surface area contributed by atoms with Crippen molar-refractivity contribution >= 4 is 17.3 Å². The number of aromatic carboxylic acids is 1. The predicted molar refractivity (Wildman–Crippen MR) is 81.4 cm³/mol. The number of aromatic nitrogens is 2. The number of carboxylic acids is 1. The van der Waals surface area contributed by atoms with Crippen LogP contribution in [0.3, 0.4) is 0 Å². The summed E-state index contributed by atoms with van der Waals surface area (Å²) in [6.07, 6.45) is 5.37. The highest BCUT2D eigenvalue weighted by molar-refractivity contribution is 7.14. The first-order valence-corrected chi connectivity index (χ1v) is 7.92. The van der Waals surface area contributed by atoms with Crippen LogP contribution in [0.5, 0.6) is 0 Å². The summed E-state index contributed by atoms with van der Waals surface area (Å²) in [5.41, 5.74) is 1.11. The molecule has 5 nitrogen and oxygen atoms in total. The molecule has 3 heterocycles. The van der Waals surface area contributed by atoms with Gasteiger partial charge >= 0.3 is 5.97 Å². The number of likely N-dealkylation sites (tertiary alicyclic amines) is 1. The fourth-order valence-corrected chi connectivity index (χ4v) is 3.52. The molecule has 2 aromatic rings. The number of hydrogen-bond donors (Lipinski definition) is 1. The zero-order chi connectivity index (χ0) is 14.7. The number of piperidine rings is 1. The Bertz CT molecular complexity index is 621. The normalized spacial score (nSPS) is 16.0. The van der Waals surface area contributed by atoms with Gasteiger partial charge in [0.15, 0.2) is 0 Å². The van der Waals surface area contributed by atoms with Gasteiger partial charge < -0.3 is 5.11 Å². The second-order valence-electron chi connectivity index (χ2n) is 5.14. The minimum atomic E-state index is -0.932. The van der Waals surface area contributed by atoms with Gasteiger partial charge in [-0.2, -0.15) is 0 Å². The van der Waals surface area contributed by atoms with Crippen molar-refractivity contribution in [3.63, 3.8) is 0 Å². The van der Waals surface area contributed by atoms with Crippen LogP contribution in [0.4, 0.5) is 0 Å². The molecule has 2 aromatic heterocycles. The van der Waals surface area contributed by atoms with Crippen molar-refractivity contribution in [1.82, 2.24) is 14.9 Å². The second-order valence-corrected chi connectivity index (χ2v) is 6.23. The van der Waals surface area contributed by atoms with E-state index in [0.717, 1.165) is 24.6 Å².